The molecule has 6 rings (SSSR count). The summed E-state index contributed by atoms with van der Waals surface area (Å²) in [6.45, 7) is 5.04. The van der Waals surface area contributed by atoms with Crippen molar-refractivity contribution in [3.8, 4) is 0 Å². The molecular weight excluding hydrogens is 536 g/mol. The van der Waals surface area contributed by atoms with Crippen molar-refractivity contribution in [3.63, 3.8) is 0 Å². The van der Waals surface area contributed by atoms with E-state index in [-0.39, 0.29) is 11.5 Å². The van der Waals surface area contributed by atoms with Crippen molar-refractivity contribution in [2.45, 2.75) is 58.4 Å². The van der Waals surface area contributed by atoms with Gasteiger partial charge in [0.2, 0.25) is 0 Å². The first-order chi connectivity index (χ1) is 18.5. The van der Waals surface area contributed by atoms with Gasteiger partial charge in [0.15, 0.2) is 0 Å². The van der Waals surface area contributed by atoms with Crippen LogP contribution in [0.4, 0.5) is 0 Å². The molecule has 2 heterocycles. The molecule has 1 fully saturated rings. The van der Waals surface area contributed by atoms with Crippen molar-refractivity contribution >= 4 is 44.0 Å². The second-order valence-electron chi connectivity index (χ2n) is 10.4. The quantitative estimate of drug-likeness (QED) is 0.204. The molecule has 192 valence electrons. The summed E-state index contributed by atoms with van der Waals surface area (Å²) in [5.41, 5.74) is 6.45. The van der Waals surface area contributed by atoms with Crippen LogP contribution in [-0.4, -0.2) is 20.4 Å². The number of aryl methyl sites for hydroxylation is 1. The van der Waals surface area contributed by atoms with Crippen molar-refractivity contribution in [1.29, 1.82) is 0 Å². The van der Waals surface area contributed by atoms with Crippen molar-refractivity contribution in [1.82, 2.24) is 14.2 Å². The minimum absolute atomic E-state index is 0.116. The summed E-state index contributed by atoms with van der Waals surface area (Å²) < 4.78 is 4.77. The smallest absolute Gasteiger partial charge is 0.282 e. The third kappa shape index (κ3) is 4.62. The molecule has 5 nitrogen and oxygen atoms in total. The monoisotopic (exact) mass is 566 g/mol. The Morgan fingerprint density at radius 1 is 0.974 bits per heavy atom. The number of hydrogen-bond donors (Lipinski definition) is 0. The van der Waals surface area contributed by atoms with E-state index in [0.29, 0.717) is 5.39 Å². The van der Waals surface area contributed by atoms with Crippen LogP contribution in [0.3, 0.4) is 0 Å². The zero-order chi connectivity index (χ0) is 26.2. The molecule has 1 aliphatic rings. The summed E-state index contributed by atoms with van der Waals surface area (Å²) in [5.74, 6) is 1.02. The van der Waals surface area contributed by atoms with E-state index in [9.17, 15) is 4.79 Å². The van der Waals surface area contributed by atoms with Crippen LogP contribution in [0.25, 0.3) is 21.8 Å². The molecule has 5 aromatic rings. The van der Waals surface area contributed by atoms with Gasteiger partial charge in [-0.1, -0.05) is 83.2 Å². The molecule has 6 heteroatoms. The highest BCUT2D eigenvalue weighted by atomic mass is 79.9. The largest absolute Gasteiger partial charge is 0.340 e. The molecule has 0 amide bonds. The lowest BCUT2D eigenvalue weighted by atomic mass is 9.88. The number of nitrogens with zero attached hydrogens (tertiary/aromatic N) is 4. The third-order valence-electron chi connectivity index (χ3n) is 7.81. The number of rotatable bonds is 5. The zero-order valence-electron chi connectivity index (χ0n) is 21.8. The van der Waals surface area contributed by atoms with Crippen LogP contribution < -0.4 is 5.56 Å². The standard InChI is InChI=1S/C32H31BrN4O/c1-21-9-8-10-23(17-21)20-36-22(2)28(26-13-6-7-14-30(26)36)19-34-37-31(24-11-4-3-5-12-24)35-29-16-15-25(33)18-27(29)32(37)38/h6-10,13-19,24H,3-5,11-12,20H2,1-2H3. The van der Waals surface area contributed by atoms with Gasteiger partial charge in [-0.05, 0) is 56.5 Å². The van der Waals surface area contributed by atoms with Crippen LogP contribution in [-0.2, 0) is 6.54 Å². The van der Waals surface area contributed by atoms with Crippen LogP contribution in [0.1, 0.15) is 66.2 Å². The van der Waals surface area contributed by atoms with Gasteiger partial charge in [-0.15, -0.1) is 0 Å². The Morgan fingerprint density at radius 3 is 2.61 bits per heavy atom. The van der Waals surface area contributed by atoms with E-state index in [1.165, 1.54) is 17.5 Å². The van der Waals surface area contributed by atoms with Gasteiger partial charge in [-0.25, -0.2) is 4.98 Å². The number of aromatic nitrogens is 3. The van der Waals surface area contributed by atoms with Gasteiger partial charge < -0.3 is 4.57 Å². The first-order valence-corrected chi connectivity index (χ1v) is 14.2. The number of benzene rings is 3. The van der Waals surface area contributed by atoms with E-state index in [0.717, 1.165) is 70.2 Å². The number of halogens is 1. The van der Waals surface area contributed by atoms with E-state index >= 15 is 0 Å². The van der Waals surface area contributed by atoms with Gasteiger partial charge in [0.25, 0.3) is 5.56 Å². The van der Waals surface area contributed by atoms with Gasteiger partial charge in [-0.2, -0.15) is 9.78 Å². The SMILES string of the molecule is Cc1cccc(Cn2c(C)c(C=Nn3c(C4CCCCC4)nc4ccc(Br)cc4c3=O)c3ccccc32)c1. The highest BCUT2D eigenvalue weighted by Gasteiger charge is 2.23. The molecule has 0 unspecified atom stereocenters. The molecule has 0 radical (unpaired) electrons. The number of hydrogen-bond acceptors (Lipinski definition) is 3. The fourth-order valence-electron chi connectivity index (χ4n) is 5.84. The normalized spacial score (nSPS) is 14.7. The molecule has 0 spiro atoms. The summed E-state index contributed by atoms with van der Waals surface area (Å²) in [4.78, 5) is 18.8. The molecule has 0 atom stereocenters. The van der Waals surface area contributed by atoms with Gasteiger partial charge in [0, 0.05) is 39.1 Å². The van der Waals surface area contributed by atoms with Gasteiger partial charge in [-0.3, -0.25) is 4.79 Å². The minimum atomic E-state index is -0.116. The van der Waals surface area contributed by atoms with E-state index in [1.807, 2.05) is 24.4 Å². The molecule has 2 aromatic heterocycles. The van der Waals surface area contributed by atoms with E-state index < -0.39 is 0 Å². The van der Waals surface area contributed by atoms with Crippen molar-refractivity contribution < 1.29 is 0 Å². The fraction of sp³-hybridized carbons (Fsp3) is 0.281. The molecule has 0 N–H and O–H groups in total. The Morgan fingerprint density at radius 2 is 1.79 bits per heavy atom. The second kappa shape index (κ2) is 10.3. The molecule has 1 saturated carbocycles. The molecule has 0 saturated heterocycles. The first kappa shape index (κ1) is 24.8. The molecule has 3 aromatic carbocycles. The summed E-state index contributed by atoms with van der Waals surface area (Å²) in [5, 5.41) is 6.57. The Bertz CT molecular complexity index is 1740. The number of para-hydroxylation sites is 1. The average Bonchev–Trinajstić information content (AvgIpc) is 3.19. The topological polar surface area (TPSA) is 52.2 Å². The zero-order valence-corrected chi connectivity index (χ0v) is 23.4. The van der Waals surface area contributed by atoms with E-state index in [4.69, 9.17) is 10.1 Å². The third-order valence-corrected chi connectivity index (χ3v) is 8.30. The van der Waals surface area contributed by atoms with Crippen LogP contribution in [0.2, 0.25) is 0 Å². The predicted octanol–water partition coefficient (Wildman–Crippen LogP) is 7.71. The lowest BCUT2D eigenvalue weighted by Gasteiger charge is -2.22. The molecule has 38 heavy (non-hydrogen) atoms. The van der Waals surface area contributed by atoms with Gasteiger partial charge in [0.05, 0.1) is 17.1 Å². The van der Waals surface area contributed by atoms with Crippen LogP contribution in [0.5, 0.6) is 0 Å². The predicted molar refractivity (Wildman–Crippen MR) is 159 cm³/mol. The molecule has 0 bridgehead atoms. The maximum atomic E-state index is 13.8. The van der Waals surface area contributed by atoms with E-state index in [1.54, 1.807) is 4.68 Å². The lowest BCUT2D eigenvalue weighted by Crippen LogP contribution is -2.25. The summed E-state index contributed by atoms with van der Waals surface area (Å²) in [7, 11) is 0. The number of fused-ring (bicyclic) bond motifs is 2. The second-order valence-corrected chi connectivity index (χ2v) is 11.3. The average molecular weight is 568 g/mol. The highest BCUT2D eigenvalue weighted by molar-refractivity contribution is 9.10. The van der Waals surface area contributed by atoms with E-state index in [2.05, 4.69) is 82.9 Å². The first-order valence-electron chi connectivity index (χ1n) is 13.4. The fourth-order valence-corrected chi connectivity index (χ4v) is 6.20. The maximum Gasteiger partial charge on any atom is 0.282 e. The highest BCUT2D eigenvalue weighted by Crippen LogP contribution is 2.32. The Hall–Kier alpha value is -3.51. The van der Waals surface area contributed by atoms with Gasteiger partial charge in [0.1, 0.15) is 5.82 Å². The van der Waals surface area contributed by atoms with Crippen LogP contribution >= 0.6 is 15.9 Å². The molecule has 0 aliphatic heterocycles. The van der Waals surface area contributed by atoms with Crippen molar-refractivity contribution in [2.24, 2.45) is 5.10 Å². The Balaban J connectivity index is 1.49. The Kier molecular flexibility index (Phi) is 6.75. The van der Waals surface area contributed by atoms with Crippen LogP contribution in [0.15, 0.2) is 81.1 Å². The molecule has 1 aliphatic carbocycles. The minimum Gasteiger partial charge on any atom is -0.340 e. The Labute approximate surface area is 231 Å². The summed E-state index contributed by atoms with van der Waals surface area (Å²) in [6, 6.07) is 22.8. The van der Waals surface area contributed by atoms with Crippen molar-refractivity contribution in [3.05, 3.63) is 110 Å². The van der Waals surface area contributed by atoms with Gasteiger partial charge >= 0.3 is 0 Å². The summed E-state index contributed by atoms with van der Waals surface area (Å²) in [6.07, 6.45) is 7.51. The molecular formula is C32H31BrN4O. The maximum absolute atomic E-state index is 13.8. The lowest BCUT2D eigenvalue weighted by molar-refractivity contribution is 0.416. The summed E-state index contributed by atoms with van der Waals surface area (Å²) >= 11 is 3.52. The van der Waals surface area contributed by atoms with Crippen LogP contribution in [0, 0.1) is 13.8 Å². The van der Waals surface area contributed by atoms with Crippen molar-refractivity contribution in [2.75, 3.05) is 0 Å².